The highest BCUT2D eigenvalue weighted by Crippen LogP contribution is 2.19. The van der Waals surface area contributed by atoms with E-state index in [0.29, 0.717) is 5.75 Å². The molecule has 0 radical (unpaired) electrons. The molecule has 1 unspecified atom stereocenters. The molecule has 0 amide bonds. The van der Waals surface area contributed by atoms with Gasteiger partial charge in [0.2, 0.25) is 0 Å². The van der Waals surface area contributed by atoms with Gasteiger partial charge in [-0.15, -0.1) is 11.8 Å². The number of carbonyl (C=O) groups is 1. The minimum Gasteiger partial charge on any atom is -0.480 e. The van der Waals surface area contributed by atoms with E-state index in [-0.39, 0.29) is 0 Å². The SMILES string of the molecule is CNC(C)(CSc1cnccn1)C(=O)O. The molecule has 1 heterocycles. The van der Waals surface area contributed by atoms with E-state index in [9.17, 15) is 4.79 Å². The molecule has 5 nitrogen and oxygen atoms in total. The lowest BCUT2D eigenvalue weighted by Crippen LogP contribution is -2.49. The molecule has 0 bridgehead atoms. The van der Waals surface area contributed by atoms with Crippen LogP contribution in [0.3, 0.4) is 0 Å². The monoisotopic (exact) mass is 227 g/mol. The molecule has 0 fully saturated rings. The molecular formula is C9H13N3O2S. The first-order valence-corrected chi connectivity index (χ1v) is 5.38. The van der Waals surface area contributed by atoms with Crippen molar-refractivity contribution in [3.05, 3.63) is 18.6 Å². The van der Waals surface area contributed by atoms with Crippen molar-refractivity contribution in [2.45, 2.75) is 17.5 Å². The number of hydrogen-bond acceptors (Lipinski definition) is 5. The average Bonchev–Trinajstić information content (AvgIpc) is 2.27. The molecule has 0 aliphatic heterocycles. The van der Waals surface area contributed by atoms with Gasteiger partial charge in [0, 0.05) is 18.1 Å². The third kappa shape index (κ3) is 3.17. The molecule has 1 rings (SSSR count). The van der Waals surface area contributed by atoms with Crippen molar-refractivity contribution in [3.8, 4) is 0 Å². The van der Waals surface area contributed by atoms with Gasteiger partial charge in [0.25, 0.3) is 0 Å². The number of nitrogens with one attached hydrogen (secondary N) is 1. The lowest BCUT2D eigenvalue weighted by atomic mass is 10.1. The number of likely N-dealkylation sites (N-methyl/N-ethyl adjacent to an activating group) is 1. The number of carboxylic acid groups (broad SMARTS) is 1. The first kappa shape index (κ1) is 11.9. The highest BCUT2D eigenvalue weighted by molar-refractivity contribution is 7.99. The number of thioether (sulfide) groups is 1. The third-order valence-electron chi connectivity index (χ3n) is 2.07. The number of rotatable bonds is 5. The molecule has 1 aromatic heterocycles. The molecular weight excluding hydrogens is 214 g/mol. The van der Waals surface area contributed by atoms with Crippen LogP contribution in [0.1, 0.15) is 6.92 Å². The van der Waals surface area contributed by atoms with Crippen LogP contribution in [0.2, 0.25) is 0 Å². The molecule has 6 heteroatoms. The molecule has 1 atom stereocenters. The molecule has 0 aromatic carbocycles. The van der Waals surface area contributed by atoms with Gasteiger partial charge in [-0.05, 0) is 14.0 Å². The first-order chi connectivity index (χ1) is 7.08. The second-order valence-electron chi connectivity index (χ2n) is 3.22. The maximum Gasteiger partial charge on any atom is 0.324 e. The van der Waals surface area contributed by atoms with Crippen molar-refractivity contribution in [2.75, 3.05) is 12.8 Å². The van der Waals surface area contributed by atoms with Gasteiger partial charge in [0.05, 0.1) is 6.20 Å². The van der Waals surface area contributed by atoms with Crippen molar-refractivity contribution in [3.63, 3.8) is 0 Å². The van der Waals surface area contributed by atoms with Crippen LogP contribution in [-0.2, 0) is 4.79 Å². The van der Waals surface area contributed by atoms with Crippen molar-refractivity contribution in [1.82, 2.24) is 15.3 Å². The second-order valence-corrected chi connectivity index (χ2v) is 4.22. The smallest absolute Gasteiger partial charge is 0.324 e. The zero-order valence-corrected chi connectivity index (χ0v) is 9.41. The Hall–Kier alpha value is -1.14. The van der Waals surface area contributed by atoms with Gasteiger partial charge in [-0.2, -0.15) is 0 Å². The van der Waals surface area contributed by atoms with Gasteiger partial charge >= 0.3 is 5.97 Å². The van der Waals surface area contributed by atoms with E-state index in [1.54, 1.807) is 32.6 Å². The fourth-order valence-electron chi connectivity index (χ4n) is 0.819. The Kier molecular flexibility index (Phi) is 4.05. The molecule has 0 saturated carbocycles. The van der Waals surface area contributed by atoms with Crippen LogP contribution in [0.25, 0.3) is 0 Å². The van der Waals surface area contributed by atoms with E-state index in [0.717, 1.165) is 5.03 Å². The van der Waals surface area contributed by atoms with Gasteiger partial charge in [0.15, 0.2) is 0 Å². The summed E-state index contributed by atoms with van der Waals surface area (Å²) in [5.41, 5.74) is -0.942. The second kappa shape index (κ2) is 5.09. The van der Waals surface area contributed by atoms with Crippen molar-refractivity contribution >= 4 is 17.7 Å². The highest BCUT2D eigenvalue weighted by atomic mass is 32.2. The maximum absolute atomic E-state index is 11.0. The Morgan fingerprint density at radius 1 is 1.67 bits per heavy atom. The van der Waals surface area contributed by atoms with Crippen LogP contribution in [0.4, 0.5) is 0 Å². The largest absolute Gasteiger partial charge is 0.480 e. The Balaban J connectivity index is 2.59. The zero-order chi connectivity index (χ0) is 11.3. The summed E-state index contributed by atoms with van der Waals surface area (Å²) in [6.07, 6.45) is 4.78. The molecule has 0 aliphatic carbocycles. The number of aromatic nitrogens is 2. The lowest BCUT2D eigenvalue weighted by Gasteiger charge is -2.23. The summed E-state index contributed by atoms with van der Waals surface area (Å²) >= 11 is 1.36. The van der Waals surface area contributed by atoms with Crippen LogP contribution in [-0.4, -0.2) is 39.4 Å². The summed E-state index contributed by atoms with van der Waals surface area (Å²) in [7, 11) is 1.63. The Morgan fingerprint density at radius 3 is 2.87 bits per heavy atom. The van der Waals surface area contributed by atoms with Crippen molar-refractivity contribution < 1.29 is 9.90 Å². The van der Waals surface area contributed by atoms with Crippen LogP contribution in [0.5, 0.6) is 0 Å². The van der Waals surface area contributed by atoms with E-state index >= 15 is 0 Å². The fraction of sp³-hybridized carbons (Fsp3) is 0.444. The van der Waals surface area contributed by atoms with Crippen LogP contribution in [0, 0.1) is 0 Å². The van der Waals surface area contributed by atoms with Crippen LogP contribution in [0.15, 0.2) is 23.6 Å². The number of nitrogens with zero attached hydrogens (tertiary/aromatic N) is 2. The fourth-order valence-corrected chi connectivity index (χ4v) is 1.79. The minimum absolute atomic E-state index is 0.400. The van der Waals surface area contributed by atoms with Gasteiger partial charge in [-0.25, -0.2) is 4.98 Å². The van der Waals surface area contributed by atoms with Crippen molar-refractivity contribution in [2.24, 2.45) is 0 Å². The summed E-state index contributed by atoms with van der Waals surface area (Å²) < 4.78 is 0. The predicted molar refractivity (Wildman–Crippen MR) is 57.9 cm³/mol. The van der Waals surface area contributed by atoms with E-state index < -0.39 is 11.5 Å². The highest BCUT2D eigenvalue weighted by Gasteiger charge is 2.31. The Bertz CT molecular complexity index is 333. The summed E-state index contributed by atoms with van der Waals surface area (Å²) in [4.78, 5) is 18.9. The molecule has 2 N–H and O–H groups in total. The van der Waals surface area contributed by atoms with Gasteiger partial charge < -0.3 is 10.4 Å². The molecule has 0 saturated heterocycles. The predicted octanol–water partition coefficient (Wildman–Crippen LogP) is 0.631. The summed E-state index contributed by atoms with van der Waals surface area (Å²) in [6.45, 7) is 1.64. The third-order valence-corrected chi connectivity index (χ3v) is 3.30. The number of hydrogen-bond donors (Lipinski definition) is 2. The molecule has 0 spiro atoms. The Labute approximate surface area is 92.3 Å². The van der Waals surface area contributed by atoms with Crippen molar-refractivity contribution in [1.29, 1.82) is 0 Å². The maximum atomic E-state index is 11.0. The van der Waals surface area contributed by atoms with Crippen LogP contribution < -0.4 is 5.32 Å². The van der Waals surface area contributed by atoms with E-state index in [1.165, 1.54) is 11.8 Å². The van der Waals surface area contributed by atoms with Crippen LogP contribution >= 0.6 is 11.8 Å². The zero-order valence-electron chi connectivity index (χ0n) is 8.60. The van der Waals surface area contributed by atoms with Gasteiger partial charge in [-0.3, -0.25) is 9.78 Å². The normalized spacial score (nSPS) is 14.5. The molecule has 1 aromatic rings. The van der Waals surface area contributed by atoms with E-state index in [2.05, 4.69) is 15.3 Å². The Morgan fingerprint density at radius 2 is 2.40 bits per heavy atom. The minimum atomic E-state index is -0.942. The summed E-state index contributed by atoms with van der Waals surface area (Å²) in [6, 6.07) is 0. The standard InChI is InChI=1S/C9H13N3O2S/c1-9(10-2,8(13)14)6-15-7-5-11-3-4-12-7/h3-5,10H,6H2,1-2H3,(H,13,14). The van der Waals surface area contributed by atoms with Gasteiger partial charge in [0.1, 0.15) is 10.6 Å². The molecule has 82 valence electrons. The first-order valence-electron chi connectivity index (χ1n) is 4.39. The summed E-state index contributed by atoms with van der Waals surface area (Å²) in [5.74, 6) is -0.473. The van der Waals surface area contributed by atoms with Gasteiger partial charge in [-0.1, -0.05) is 0 Å². The molecule has 15 heavy (non-hydrogen) atoms. The lowest BCUT2D eigenvalue weighted by molar-refractivity contribution is -0.142. The quantitative estimate of drug-likeness (QED) is 0.719. The summed E-state index contributed by atoms with van der Waals surface area (Å²) in [5, 5.41) is 12.5. The number of carboxylic acids is 1. The topological polar surface area (TPSA) is 75.1 Å². The van der Waals surface area contributed by atoms with E-state index in [4.69, 9.17) is 5.11 Å². The van der Waals surface area contributed by atoms with E-state index in [1.807, 2.05) is 0 Å². The molecule has 0 aliphatic rings. The average molecular weight is 227 g/mol. The number of aliphatic carboxylic acids is 1.